The molecule has 0 unspecified atom stereocenters. The molecule has 1 aliphatic carbocycles. The van der Waals surface area contributed by atoms with Crippen LogP contribution in [-0.4, -0.2) is 15.5 Å². The molecule has 1 aromatic heterocycles. The summed E-state index contributed by atoms with van der Waals surface area (Å²) < 4.78 is 14.7. The first-order valence-electron chi connectivity index (χ1n) is 8.11. The SMILES string of the molecule is Cc1ccc(F)cc1NC(=O)Cn1c(C)nc2c(c1=O)CCCC2. The third-order valence-corrected chi connectivity index (χ3v) is 4.40. The Balaban J connectivity index is 1.84. The number of carbonyl (C=O) groups is 1. The average Bonchev–Trinajstić information content (AvgIpc) is 2.55. The minimum absolute atomic E-state index is 0.124. The molecule has 0 aliphatic heterocycles. The van der Waals surface area contributed by atoms with Crippen LogP contribution in [0.15, 0.2) is 23.0 Å². The average molecular weight is 329 g/mol. The van der Waals surface area contributed by atoms with E-state index in [0.29, 0.717) is 17.9 Å². The van der Waals surface area contributed by atoms with Gasteiger partial charge in [-0.15, -0.1) is 0 Å². The number of carbonyl (C=O) groups excluding carboxylic acids is 1. The number of rotatable bonds is 3. The molecule has 1 amide bonds. The number of halogens is 1. The first kappa shape index (κ1) is 16.4. The van der Waals surface area contributed by atoms with Crippen molar-refractivity contribution in [2.45, 2.75) is 46.1 Å². The maximum Gasteiger partial charge on any atom is 0.257 e. The van der Waals surface area contributed by atoms with Gasteiger partial charge in [0.2, 0.25) is 5.91 Å². The van der Waals surface area contributed by atoms with Gasteiger partial charge in [0.15, 0.2) is 0 Å². The van der Waals surface area contributed by atoms with E-state index in [2.05, 4.69) is 10.3 Å². The molecule has 0 bridgehead atoms. The topological polar surface area (TPSA) is 64.0 Å². The van der Waals surface area contributed by atoms with Crippen LogP contribution in [0.4, 0.5) is 10.1 Å². The highest BCUT2D eigenvalue weighted by molar-refractivity contribution is 5.91. The van der Waals surface area contributed by atoms with E-state index in [-0.39, 0.29) is 18.0 Å². The van der Waals surface area contributed by atoms with Gasteiger partial charge in [-0.05, 0) is 57.2 Å². The minimum Gasteiger partial charge on any atom is -0.324 e. The molecule has 2 aromatic rings. The fraction of sp³-hybridized carbons (Fsp3) is 0.389. The van der Waals surface area contributed by atoms with Crippen LogP contribution in [-0.2, 0) is 24.2 Å². The van der Waals surface area contributed by atoms with Crippen molar-refractivity contribution in [1.29, 1.82) is 0 Å². The maximum atomic E-state index is 13.3. The van der Waals surface area contributed by atoms with Crippen LogP contribution < -0.4 is 10.9 Å². The van der Waals surface area contributed by atoms with Gasteiger partial charge in [-0.25, -0.2) is 9.37 Å². The lowest BCUT2D eigenvalue weighted by Crippen LogP contribution is -2.34. The normalized spacial score (nSPS) is 13.5. The second kappa shape index (κ2) is 6.55. The van der Waals surface area contributed by atoms with Crippen molar-refractivity contribution < 1.29 is 9.18 Å². The zero-order valence-corrected chi connectivity index (χ0v) is 13.9. The third-order valence-electron chi connectivity index (χ3n) is 4.40. The Labute approximate surface area is 139 Å². The number of aromatic nitrogens is 2. The van der Waals surface area contributed by atoms with E-state index in [1.54, 1.807) is 19.9 Å². The number of anilines is 1. The molecule has 24 heavy (non-hydrogen) atoms. The Morgan fingerprint density at radius 2 is 2.04 bits per heavy atom. The smallest absolute Gasteiger partial charge is 0.257 e. The molecule has 0 fully saturated rings. The molecule has 0 atom stereocenters. The highest BCUT2D eigenvalue weighted by Crippen LogP contribution is 2.17. The quantitative estimate of drug-likeness (QED) is 0.941. The highest BCUT2D eigenvalue weighted by Gasteiger charge is 2.19. The highest BCUT2D eigenvalue weighted by atomic mass is 19.1. The predicted octanol–water partition coefficient (Wildman–Crippen LogP) is 2.52. The molecule has 126 valence electrons. The third kappa shape index (κ3) is 3.22. The van der Waals surface area contributed by atoms with E-state index in [9.17, 15) is 14.0 Å². The summed E-state index contributed by atoms with van der Waals surface area (Å²) in [5.74, 6) is -0.252. The van der Waals surface area contributed by atoms with Crippen molar-refractivity contribution in [3.63, 3.8) is 0 Å². The van der Waals surface area contributed by atoms with Crippen LogP contribution in [0.5, 0.6) is 0 Å². The number of hydrogen-bond donors (Lipinski definition) is 1. The largest absolute Gasteiger partial charge is 0.324 e. The molecular formula is C18H20FN3O2. The van der Waals surface area contributed by atoms with Gasteiger partial charge in [0, 0.05) is 11.3 Å². The molecule has 5 nitrogen and oxygen atoms in total. The van der Waals surface area contributed by atoms with Gasteiger partial charge in [0.1, 0.15) is 18.2 Å². The van der Waals surface area contributed by atoms with E-state index >= 15 is 0 Å². The predicted molar refractivity (Wildman–Crippen MR) is 89.6 cm³/mol. The maximum absolute atomic E-state index is 13.3. The summed E-state index contributed by atoms with van der Waals surface area (Å²) in [6.07, 6.45) is 3.55. The van der Waals surface area contributed by atoms with Crippen LogP contribution in [0.1, 0.15) is 35.5 Å². The van der Waals surface area contributed by atoms with Gasteiger partial charge in [-0.3, -0.25) is 14.2 Å². The summed E-state index contributed by atoms with van der Waals surface area (Å²) in [6, 6.07) is 4.21. The molecule has 3 rings (SSSR count). The van der Waals surface area contributed by atoms with Crippen LogP contribution >= 0.6 is 0 Å². The van der Waals surface area contributed by atoms with Gasteiger partial charge in [0.25, 0.3) is 5.56 Å². The van der Waals surface area contributed by atoms with Crippen molar-refractivity contribution in [2.24, 2.45) is 0 Å². The van der Waals surface area contributed by atoms with E-state index < -0.39 is 5.82 Å². The second-order valence-electron chi connectivity index (χ2n) is 6.19. The zero-order valence-electron chi connectivity index (χ0n) is 13.9. The molecule has 0 radical (unpaired) electrons. The first-order chi connectivity index (χ1) is 11.5. The molecule has 0 spiro atoms. The number of aryl methyl sites for hydroxylation is 3. The monoisotopic (exact) mass is 329 g/mol. The number of benzene rings is 1. The number of fused-ring (bicyclic) bond motifs is 1. The number of nitrogens with one attached hydrogen (secondary N) is 1. The summed E-state index contributed by atoms with van der Waals surface area (Å²) >= 11 is 0. The second-order valence-corrected chi connectivity index (χ2v) is 6.19. The van der Waals surface area contributed by atoms with Gasteiger partial charge in [0.05, 0.1) is 5.69 Å². The van der Waals surface area contributed by atoms with E-state index in [1.807, 2.05) is 0 Å². The van der Waals surface area contributed by atoms with Crippen molar-refractivity contribution in [3.8, 4) is 0 Å². The van der Waals surface area contributed by atoms with Crippen LogP contribution in [0.25, 0.3) is 0 Å². The molecule has 0 saturated heterocycles. The number of amides is 1. The molecular weight excluding hydrogens is 309 g/mol. The summed E-state index contributed by atoms with van der Waals surface area (Å²) in [6.45, 7) is 3.39. The summed E-state index contributed by atoms with van der Waals surface area (Å²) in [7, 11) is 0. The van der Waals surface area contributed by atoms with Crippen molar-refractivity contribution in [1.82, 2.24) is 9.55 Å². The molecule has 1 heterocycles. The fourth-order valence-electron chi connectivity index (χ4n) is 3.06. The van der Waals surface area contributed by atoms with Crippen LogP contribution in [0.3, 0.4) is 0 Å². The van der Waals surface area contributed by atoms with E-state index in [4.69, 9.17) is 0 Å². The molecule has 1 aliphatic rings. The molecule has 1 aromatic carbocycles. The summed E-state index contributed by atoms with van der Waals surface area (Å²) in [5, 5.41) is 2.67. The van der Waals surface area contributed by atoms with Crippen molar-refractivity contribution >= 4 is 11.6 Å². The van der Waals surface area contributed by atoms with Gasteiger partial charge < -0.3 is 5.32 Å². The van der Waals surface area contributed by atoms with Crippen LogP contribution in [0.2, 0.25) is 0 Å². The van der Waals surface area contributed by atoms with Crippen molar-refractivity contribution in [3.05, 3.63) is 57.0 Å². The molecule has 0 saturated carbocycles. The zero-order chi connectivity index (χ0) is 17.3. The Morgan fingerprint density at radius 3 is 2.83 bits per heavy atom. The van der Waals surface area contributed by atoms with E-state index in [1.165, 1.54) is 16.7 Å². The van der Waals surface area contributed by atoms with E-state index in [0.717, 1.165) is 36.1 Å². The first-order valence-corrected chi connectivity index (χ1v) is 8.11. The minimum atomic E-state index is -0.417. The van der Waals surface area contributed by atoms with Crippen LogP contribution in [0, 0.1) is 19.7 Å². The number of hydrogen-bond acceptors (Lipinski definition) is 3. The lowest BCUT2D eigenvalue weighted by Gasteiger charge is -2.18. The number of nitrogens with zero attached hydrogens (tertiary/aromatic N) is 2. The fourth-order valence-corrected chi connectivity index (χ4v) is 3.06. The Bertz CT molecular complexity index is 858. The summed E-state index contributed by atoms with van der Waals surface area (Å²) in [5.41, 5.74) is 2.63. The van der Waals surface area contributed by atoms with Gasteiger partial charge in [-0.2, -0.15) is 0 Å². The Hall–Kier alpha value is -2.50. The molecule has 6 heteroatoms. The Morgan fingerprint density at radius 1 is 1.29 bits per heavy atom. The summed E-state index contributed by atoms with van der Waals surface area (Å²) in [4.78, 5) is 29.4. The van der Waals surface area contributed by atoms with Gasteiger partial charge >= 0.3 is 0 Å². The van der Waals surface area contributed by atoms with Gasteiger partial charge in [-0.1, -0.05) is 6.07 Å². The Kier molecular flexibility index (Phi) is 4.46. The lowest BCUT2D eigenvalue weighted by molar-refractivity contribution is -0.116. The molecule has 1 N–H and O–H groups in total. The standard InChI is InChI=1S/C18H20FN3O2/c1-11-7-8-13(19)9-16(11)21-17(23)10-22-12(2)20-15-6-4-3-5-14(15)18(22)24/h7-9H,3-6,10H2,1-2H3,(H,21,23). The van der Waals surface area contributed by atoms with Crippen molar-refractivity contribution in [2.75, 3.05) is 5.32 Å². The lowest BCUT2D eigenvalue weighted by atomic mass is 9.97.